The van der Waals surface area contributed by atoms with E-state index in [-0.39, 0.29) is 11.9 Å². The van der Waals surface area contributed by atoms with E-state index in [1.54, 1.807) is 25.2 Å². The third kappa shape index (κ3) is 3.92. The molecule has 1 fully saturated rings. The van der Waals surface area contributed by atoms with Gasteiger partial charge in [-0.1, -0.05) is 0 Å². The number of nitrogens with zero attached hydrogens (tertiary/aromatic N) is 5. The molecular weight excluding hydrogens is 280 g/mol. The lowest BCUT2D eigenvalue weighted by Gasteiger charge is -2.26. The smallest absolute Gasteiger partial charge is 0.239 e. The molecule has 1 N–H and O–H groups in total. The van der Waals surface area contributed by atoms with E-state index >= 15 is 0 Å². The van der Waals surface area contributed by atoms with Crippen molar-refractivity contribution in [1.82, 2.24) is 19.8 Å². The van der Waals surface area contributed by atoms with E-state index in [0.29, 0.717) is 18.1 Å². The number of likely N-dealkylation sites (tertiary alicyclic amines) is 1. The highest BCUT2D eigenvalue weighted by molar-refractivity contribution is 5.81. The number of carbonyl (C=O) groups is 1. The maximum Gasteiger partial charge on any atom is 0.239 e. The molecule has 1 aromatic heterocycles. The Labute approximate surface area is 131 Å². The molecule has 1 aromatic rings. The minimum atomic E-state index is 0.0150. The topological polar surface area (TPSA) is 85.2 Å². The van der Waals surface area contributed by atoms with Crippen molar-refractivity contribution in [2.24, 2.45) is 0 Å². The highest BCUT2D eigenvalue weighted by atomic mass is 16.2. The quantitative estimate of drug-likeness (QED) is 0.779. The van der Waals surface area contributed by atoms with Crippen molar-refractivity contribution in [2.75, 3.05) is 39.0 Å². The number of nitriles is 1. The summed E-state index contributed by atoms with van der Waals surface area (Å²) in [5.74, 6) is 0.707. The zero-order valence-electron chi connectivity index (χ0n) is 13.1. The fraction of sp³-hybridized carbons (Fsp3) is 0.600. The normalized spacial score (nSPS) is 18.0. The highest BCUT2D eigenvalue weighted by Gasteiger charge is 2.30. The summed E-state index contributed by atoms with van der Waals surface area (Å²) in [5.41, 5.74) is 0.310. The number of hydrogen-bond donors (Lipinski definition) is 1. The molecule has 2 heterocycles. The van der Waals surface area contributed by atoms with E-state index in [1.807, 2.05) is 6.07 Å². The van der Waals surface area contributed by atoms with Gasteiger partial charge in [0.25, 0.3) is 0 Å². The van der Waals surface area contributed by atoms with Gasteiger partial charge >= 0.3 is 0 Å². The van der Waals surface area contributed by atoms with Crippen LogP contribution in [0.5, 0.6) is 0 Å². The van der Waals surface area contributed by atoms with Crippen LogP contribution in [0.1, 0.15) is 25.0 Å². The molecule has 0 radical (unpaired) electrons. The predicted octanol–water partition coefficient (Wildman–Crippen LogP) is 0.703. The Morgan fingerprint density at radius 2 is 2.27 bits per heavy atom. The van der Waals surface area contributed by atoms with Crippen LogP contribution < -0.4 is 5.32 Å². The van der Waals surface area contributed by atoms with Gasteiger partial charge in [-0.05, 0) is 25.8 Å². The van der Waals surface area contributed by atoms with Crippen molar-refractivity contribution in [3.8, 4) is 6.07 Å². The van der Waals surface area contributed by atoms with Gasteiger partial charge in [-0.2, -0.15) is 5.26 Å². The second kappa shape index (κ2) is 7.71. The number of nitrogens with one attached hydrogen (secondary N) is 1. The second-order valence-electron chi connectivity index (χ2n) is 5.57. The van der Waals surface area contributed by atoms with E-state index < -0.39 is 0 Å². The fourth-order valence-electron chi connectivity index (χ4n) is 2.71. The van der Waals surface area contributed by atoms with Gasteiger partial charge in [0.05, 0.1) is 6.04 Å². The monoisotopic (exact) mass is 302 g/mol. The average Bonchev–Trinajstić information content (AvgIpc) is 2.99. The maximum absolute atomic E-state index is 12.1. The molecule has 0 spiro atoms. The number of hydrogen-bond acceptors (Lipinski definition) is 6. The summed E-state index contributed by atoms with van der Waals surface area (Å²) in [5, 5.41) is 12.1. The van der Waals surface area contributed by atoms with Gasteiger partial charge in [0.15, 0.2) is 11.5 Å². The molecule has 1 unspecified atom stereocenters. The van der Waals surface area contributed by atoms with Gasteiger partial charge < -0.3 is 10.2 Å². The predicted molar refractivity (Wildman–Crippen MR) is 83.1 cm³/mol. The van der Waals surface area contributed by atoms with Crippen LogP contribution in [0.4, 0.5) is 5.82 Å². The molecule has 2 rings (SSSR count). The number of amides is 1. The number of anilines is 1. The summed E-state index contributed by atoms with van der Waals surface area (Å²) >= 11 is 0. The number of carbonyl (C=O) groups excluding carboxylic acids is 1. The molecule has 7 nitrogen and oxygen atoms in total. The van der Waals surface area contributed by atoms with Crippen LogP contribution in [0.2, 0.25) is 0 Å². The first-order valence-electron chi connectivity index (χ1n) is 7.53. The van der Waals surface area contributed by atoms with Crippen molar-refractivity contribution >= 4 is 11.7 Å². The first kappa shape index (κ1) is 16.2. The van der Waals surface area contributed by atoms with Crippen molar-refractivity contribution in [3.63, 3.8) is 0 Å². The molecule has 0 aliphatic carbocycles. The number of aromatic nitrogens is 2. The summed E-state index contributed by atoms with van der Waals surface area (Å²) in [6.07, 6.45) is 5.97. The Morgan fingerprint density at radius 3 is 3.00 bits per heavy atom. The van der Waals surface area contributed by atoms with Crippen LogP contribution in [-0.4, -0.2) is 65.4 Å². The van der Waals surface area contributed by atoms with E-state index in [0.717, 1.165) is 32.4 Å². The largest absolute Gasteiger partial charge is 0.368 e. The summed E-state index contributed by atoms with van der Waals surface area (Å²) in [6.45, 7) is 2.53. The van der Waals surface area contributed by atoms with Crippen LogP contribution in [-0.2, 0) is 4.79 Å². The van der Waals surface area contributed by atoms with Crippen LogP contribution in [0.15, 0.2) is 12.4 Å². The first-order valence-corrected chi connectivity index (χ1v) is 7.53. The Morgan fingerprint density at radius 1 is 1.50 bits per heavy atom. The maximum atomic E-state index is 12.1. The van der Waals surface area contributed by atoms with Gasteiger partial charge in [-0.3, -0.25) is 9.69 Å². The van der Waals surface area contributed by atoms with Crippen molar-refractivity contribution in [3.05, 3.63) is 18.1 Å². The molecule has 1 atom stereocenters. The van der Waals surface area contributed by atoms with Gasteiger partial charge in [0.1, 0.15) is 6.07 Å². The highest BCUT2D eigenvalue weighted by Crippen LogP contribution is 2.18. The lowest BCUT2D eigenvalue weighted by molar-refractivity contribution is -0.133. The molecule has 0 aromatic carbocycles. The number of likely N-dealkylation sites (N-methyl/N-ethyl adjacent to an activating group) is 1. The molecule has 1 aliphatic rings. The summed E-state index contributed by atoms with van der Waals surface area (Å²) in [4.78, 5) is 24.1. The zero-order chi connectivity index (χ0) is 15.9. The first-order chi connectivity index (χ1) is 10.6. The second-order valence-corrected chi connectivity index (χ2v) is 5.57. The van der Waals surface area contributed by atoms with Crippen molar-refractivity contribution in [1.29, 1.82) is 5.26 Å². The average molecular weight is 302 g/mol. The summed E-state index contributed by atoms with van der Waals surface area (Å²) in [6, 6.07) is 2.03. The number of rotatable bonds is 6. The lowest BCUT2D eigenvalue weighted by Crippen LogP contribution is -2.43. The van der Waals surface area contributed by atoms with E-state index in [9.17, 15) is 4.79 Å². The molecule has 118 valence electrons. The summed E-state index contributed by atoms with van der Waals surface area (Å²) in [7, 11) is 3.61. The minimum Gasteiger partial charge on any atom is -0.368 e. The zero-order valence-corrected chi connectivity index (χ0v) is 13.1. The van der Waals surface area contributed by atoms with Crippen LogP contribution in [0.3, 0.4) is 0 Å². The van der Waals surface area contributed by atoms with Gasteiger partial charge in [-0.25, -0.2) is 9.97 Å². The van der Waals surface area contributed by atoms with Crippen LogP contribution >= 0.6 is 0 Å². The molecule has 0 saturated carbocycles. The Balaban J connectivity index is 1.79. The molecule has 1 aliphatic heterocycles. The summed E-state index contributed by atoms with van der Waals surface area (Å²) < 4.78 is 0. The van der Waals surface area contributed by atoms with Crippen LogP contribution in [0, 0.1) is 11.3 Å². The third-order valence-corrected chi connectivity index (χ3v) is 3.81. The van der Waals surface area contributed by atoms with E-state index in [2.05, 4.69) is 20.2 Å². The fourth-order valence-corrected chi connectivity index (χ4v) is 2.71. The third-order valence-electron chi connectivity index (χ3n) is 3.81. The van der Waals surface area contributed by atoms with Gasteiger partial charge in [0.2, 0.25) is 5.91 Å². The van der Waals surface area contributed by atoms with E-state index in [1.165, 1.54) is 6.20 Å². The molecule has 22 heavy (non-hydrogen) atoms. The van der Waals surface area contributed by atoms with Gasteiger partial charge in [-0.15, -0.1) is 0 Å². The molecule has 7 heteroatoms. The van der Waals surface area contributed by atoms with Gasteiger partial charge in [0, 0.05) is 39.6 Å². The molecular formula is C15H22N6O. The Kier molecular flexibility index (Phi) is 5.67. The Hall–Kier alpha value is -2.20. The van der Waals surface area contributed by atoms with Crippen molar-refractivity contribution in [2.45, 2.75) is 25.3 Å². The standard InChI is InChI=1S/C15H22N6O/c1-20(2)15(22)13-5-3-9-21(13)10-4-6-18-14-12(11-16)17-7-8-19-14/h7-8,13H,3-6,9-10H2,1-2H3,(H,18,19). The molecule has 1 amide bonds. The molecule has 1 saturated heterocycles. The lowest BCUT2D eigenvalue weighted by atomic mass is 10.2. The minimum absolute atomic E-state index is 0.0150. The van der Waals surface area contributed by atoms with E-state index in [4.69, 9.17) is 5.26 Å². The Bertz CT molecular complexity index is 553. The SMILES string of the molecule is CN(C)C(=O)C1CCCN1CCCNc1nccnc1C#N. The van der Waals surface area contributed by atoms with Crippen molar-refractivity contribution < 1.29 is 4.79 Å². The van der Waals surface area contributed by atoms with Crippen LogP contribution in [0.25, 0.3) is 0 Å². The molecule has 0 bridgehead atoms.